The van der Waals surface area contributed by atoms with E-state index in [1.54, 1.807) is 0 Å². The summed E-state index contributed by atoms with van der Waals surface area (Å²) in [4.78, 5) is 21.7. The molecular weight excluding hydrogens is 252 g/mol. The lowest BCUT2D eigenvalue weighted by molar-refractivity contribution is 0.0598. The van der Waals surface area contributed by atoms with Crippen molar-refractivity contribution in [3.63, 3.8) is 0 Å². The highest BCUT2D eigenvalue weighted by Crippen LogP contribution is 2.19. The van der Waals surface area contributed by atoms with Crippen molar-refractivity contribution < 1.29 is 19.4 Å². The number of carbonyl (C=O) groups is 2. The lowest BCUT2D eigenvalue weighted by atomic mass is 10.1. The summed E-state index contributed by atoms with van der Waals surface area (Å²) in [6.45, 7) is 0. The Labute approximate surface area is 88.6 Å². The molecule has 0 atom stereocenters. The average molecular weight is 259 g/mol. The van der Waals surface area contributed by atoms with Crippen LogP contribution in [0.1, 0.15) is 20.7 Å². The molecule has 0 unspecified atom stereocenters. The topological polar surface area (TPSA) is 63.6 Å². The Morgan fingerprint density at radius 1 is 1.43 bits per heavy atom. The third-order valence-electron chi connectivity index (χ3n) is 1.62. The standard InChI is InChI=1S/C9H7BrO4/c1-14-9(13)5-2-3-6(8(11)12)7(10)4-5/h2-4H,1H3,(H,11,12). The number of rotatable bonds is 2. The van der Waals surface area contributed by atoms with Crippen LogP contribution in [0.25, 0.3) is 0 Å². The highest BCUT2D eigenvalue weighted by atomic mass is 79.9. The molecule has 1 aromatic rings. The smallest absolute Gasteiger partial charge is 0.337 e. The Hall–Kier alpha value is -1.36. The zero-order valence-corrected chi connectivity index (χ0v) is 8.87. The van der Waals surface area contributed by atoms with Crippen LogP contribution in [0.15, 0.2) is 22.7 Å². The van der Waals surface area contributed by atoms with E-state index in [0.717, 1.165) is 0 Å². The molecule has 14 heavy (non-hydrogen) atoms. The Morgan fingerprint density at radius 3 is 2.50 bits per heavy atom. The van der Waals surface area contributed by atoms with Gasteiger partial charge in [0.2, 0.25) is 0 Å². The fourth-order valence-corrected chi connectivity index (χ4v) is 1.48. The second-order valence-corrected chi connectivity index (χ2v) is 3.35. The SMILES string of the molecule is COC(=O)c1ccc(C(=O)O)c(Br)c1. The number of ether oxygens (including phenoxy) is 1. The molecule has 0 spiro atoms. The fraction of sp³-hybridized carbons (Fsp3) is 0.111. The minimum Gasteiger partial charge on any atom is -0.478 e. The maximum Gasteiger partial charge on any atom is 0.337 e. The predicted octanol–water partition coefficient (Wildman–Crippen LogP) is 1.93. The molecule has 0 radical (unpaired) electrons. The zero-order valence-electron chi connectivity index (χ0n) is 7.28. The Balaban J connectivity index is 3.12. The van der Waals surface area contributed by atoms with Gasteiger partial charge in [-0.25, -0.2) is 9.59 Å². The van der Waals surface area contributed by atoms with Crippen molar-refractivity contribution in [1.29, 1.82) is 0 Å². The van der Waals surface area contributed by atoms with E-state index in [-0.39, 0.29) is 5.56 Å². The number of hydrogen-bond acceptors (Lipinski definition) is 3. The Bertz CT molecular complexity index is 386. The highest BCUT2D eigenvalue weighted by molar-refractivity contribution is 9.10. The van der Waals surface area contributed by atoms with Crippen LogP contribution in [0.2, 0.25) is 0 Å². The molecule has 0 bridgehead atoms. The first-order valence-electron chi connectivity index (χ1n) is 3.67. The summed E-state index contributed by atoms with van der Waals surface area (Å²) in [5.74, 6) is -1.55. The van der Waals surface area contributed by atoms with Gasteiger partial charge in [-0.3, -0.25) is 0 Å². The number of methoxy groups -OCH3 is 1. The number of benzene rings is 1. The van der Waals surface area contributed by atoms with E-state index in [4.69, 9.17) is 5.11 Å². The summed E-state index contributed by atoms with van der Waals surface area (Å²) < 4.78 is 4.84. The summed E-state index contributed by atoms with van der Waals surface area (Å²) in [6.07, 6.45) is 0. The van der Waals surface area contributed by atoms with Crippen LogP contribution in [0, 0.1) is 0 Å². The molecule has 0 saturated heterocycles. The van der Waals surface area contributed by atoms with E-state index in [1.165, 1.54) is 25.3 Å². The van der Waals surface area contributed by atoms with Gasteiger partial charge in [0.05, 0.1) is 18.2 Å². The van der Waals surface area contributed by atoms with Gasteiger partial charge in [0.15, 0.2) is 0 Å². The molecule has 0 aromatic heterocycles. The molecular formula is C9H7BrO4. The van der Waals surface area contributed by atoms with Crippen molar-refractivity contribution in [2.75, 3.05) is 7.11 Å². The number of carboxylic acid groups (broad SMARTS) is 1. The number of esters is 1. The minimum atomic E-state index is -1.05. The predicted molar refractivity (Wildman–Crippen MR) is 52.4 cm³/mol. The van der Waals surface area contributed by atoms with Crippen LogP contribution in [-0.4, -0.2) is 24.2 Å². The molecule has 0 heterocycles. The van der Waals surface area contributed by atoms with Crippen LogP contribution < -0.4 is 0 Å². The summed E-state index contributed by atoms with van der Waals surface area (Å²) in [5.41, 5.74) is 0.419. The monoisotopic (exact) mass is 258 g/mol. The first-order valence-corrected chi connectivity index (χ1v) is 4.46. The van der Waals surface area contributed by atoms with Crippen molar-refractivity contribution in [2.45, 2.75) is 0 Å². The van der Waals surface area contributed by atoms with E-state index in [9.17, 15) is 9.59 Å². The molecule has 5 heteroatoms. The first-order chi connectivity index (χ1) is 6.56. The van der Waals surface area contributed by atoms with E-state index in [0.29, 0.717) is 10.0 Å². The van der Waals surface area contributed by atoms with Crippen molar-refractivity contribution in [2.24, 2.45) is 0 Å². The summed E-state index contributed by atoms with van der Waals surface area (Å²) in [7, 11) is 1.27. The number of carboxylic acids is 1. The van der Waals surface area contributed by atoms with E-state index >= 15 is 0 Å². The minimum absolute atomic E-state index is 0.109. The maximum atomic E-state index is 11.1. The summed E-state index contributed by atoms with van der Waals surface area (Å²) >= 11 is 3.06. The normalized spacial score (nSPS) is 9.57. The maximum absolute atomic E-state index is 11.1. The third-order valence-corrected chi connectivity index (χ3v) is 2.28. The van der Waals surface area contributed by atoms with E-state index < -0.39 is 11.9 Å². The molecule has 1 aromatic carbocycles. The molecule has 0 aliphatic rings. The fourth-order valence-electron chi connectivity index (χ4n) is 0.933. The van der Waals surface area contributed by atoms with Crippen molar-refractivity contribution >= 4 is 27.9 Å². The van der Waals surface area contributed by atoms with Crippen molar-refractivity contribution in [3.8, 4) is 0 Å². The molecule has 4 nitrogen and oxygen atoms in total. The van der Waals surface area contributed by atoms with Crippen LogP contribution in [0.3, 0.4) is 0 Å². The Morgan fingerprint density at radius 2 is 2.07 bits per heavy atom. The number of hydrogen-bond donors (Lipinski definition) is 1. The van der Waals surface area contributed by atoms with Crippen LogP contribution in [-0.2, 0) is 4.74 Å². The molecule has 0 aliphatic heterocycles. The van der Waals surface area contributed by atoms with Gasteiger partial charge >= 0.3 is 11.9 Å². The lowest BCUT2D eigenvalue weighted by Gasteiger charge is -2.02. The second-order valence-electron chi connectivity index (χ2n) is 2.49. The first kappa shape index (κ1) is 10.7. The molecule has 0 saturated carbocycles. The third kappa shape index (κ3) is 2.11. The van der Waals surface area contributed by atoms with E-state index in [1.807, 2.05) is 0 Å². The second kappa shape index (κ2) is 4.23. The van der Waals surface area contributed by atoms with Crippen molar-refractivity contribution in [3.05, 3.63) is 33.8 Å². The van der Waals surface area contributed by atoms with Gasteiger partial charge in [-0.1, -0.05) is 0 Å². The summed E-state index contributed by atoms with van der Waals surface area (Å²) in [6, 6.07) is 4.16. The molecule has 74 valence electrons. The van der Waals surface area contributed by atoms with Gasteiger partial charge in [0.1, 0.15) is 0 Å². The van der Waals surface area contributed by atoms with Gasteiger partial charge in [-0.2, -0.15) is 0 Å². The van der Waals surface area contributed by atoms with Gasteiger partial charge in [-0.05, 0) is 34.1 Å². The number of carbonyl (C=O) groups excluding carboxylic acids is 1. The van der Waals surface area contributed by atoms with Gasteiger partial charge in [0, 0.05) is 4.47 Å². The highest BCUT2D eigenvalue weighted by Gasteiger charge is 2.11. The average Bonchev–Trinajstić information content (AvgIpc) is 2.15. The van der Waals surface area contributed by atoms with Gasteiger partial charge in [-0.15, -0.1) is 0 Å². The van der Waals surface area contributed by atoms with Crippen molar-refractivity contribution in [1.82, 2.24) is 0 Å². The quantitative estimate of drug-likeness (QED) is 0.824. The largest absolute Gasteiger partial charge is 0.478 e. The molecule has 0 amide bonds. The molecule has 1 rings (SSSR count). The van der Waals surface area contributed by atoms with Crippen LogP contribution in [0.4, 0.5) is 0 Å². The summed E-state index contributed by atoms with van der Waals surface area (Å²) in [5, 5.41) is 8.71. The molecule has 0 aliphatic carbocycles. The van der Waals surface area contributed by atoms with Gasteiger partial charge in [0.25, 0.3) is 0 Å². The number of aromatic carboxylic acids is 1. The van der Waals surface area contributed by atoms with Crippen LogP contribution >= 0.6 is 15.9 Å². The number of halogens is 1. The molecule has 1 N–H and O–H groups in total. The van der Waals surface area contributed by atoms with E-state index in [2.05, 4.69) is 20.7 Å². The molecule has 0 fully saturated rings. The van der Waals surface area contributed by atoms with Gasteiger partial charge < -0.3 is 9.84 Å². The Kier molecular flexibility index (Phi) is 3.24. The zero-order chi connectivity index (χ0) is 10.7. The van der Waals surface area contributed by atoms with Crippen LogP contribution in [0.5, 0.6) is 0 Å². The lowest BCUT2D eigenvalue weighted by Crippen LogP contribution is -2.03.